The molecule has 2 aromatic rings. The first-order valence-electron chi connectivity index (χ1n) is 8.34. The van der Waals surface area contributed by atoms with Crippen molar-refractivity contribution >= 4 is 17.3 Å². The van der Waals surface area contributed by atoms with Crippen LogP contribution in [0.3, 0.4) is 0 Å². The molecule has 1 aromatic carbocycles. The van der Waals surface area contributed by atoms with Crippen molar-refractivity contribution in [1.82, 2.24) is 4.98 Å². The highest BCUT2D eigenvalue weighted by molar-refractivity contribution is 6.32. The summed E-state index contributed by atoms with van der Waals surface area (Å²) in [5, 5.41) is 14.0. The Morgan fingerprint density at radius 2 is 2.00 bits per heavy atom. The number of fused-ring (bicyclic) bond motifs is 1. The first-order chi connectivity index (χ1) is 12.5. The lowest BCUT2D eigenvalue weighted by Gasteiger charge is -2.49. The molecular formula is C19H20ClF3N2O2. The minimum Gasteiger partial charge on any atom is -0.495 e. The monoisotopic (exact) mass is 400 g/mol. The third-order valence-electron chi connectivity index (χ3n) is 4.99. The maximum Gasteiger partial charge on any atom is 0.419 e. The lowest BCUT2D eigenvalue weighted by Crippen LogP contribution is -2.58. The van der Waals surface area contributed by atoms with Gasteiger partial charge < -0.3 is 15.2 Å². The van der Waals surface area contributed by atoms with Crippen LogP contribution in [-0.4, -0.2) is 29.0 Å². The Hall–Kier alpha value is -1.99. The van der Waals surface area contributed by atoms with Crippen LogP contribution in [0.5, 0.6) is 5.75 Å². The SMILES string of the molecule is COc1c(Cl)ccc2c1C(C)(C)CC(O)(C(F)(F)F)C2Nc1cccnc1. The predicted molar refractivity (Wildman–Crippen MR) is 97.3 cm³/mol. The molecule has 3 rings (SSSR count). The van der Waals surface area contributed by atoms with Crippen molar-refractivity contribution in [3.63, 3.8) is 0 Å². The number of nitrogens with zero attached hydrogens (tertiary/aromatic N) is 1. The number of ether oxygens (including phenoxy) is 1. The van der Waals surface area contributed by atoms with Crippen molar-refractivity contribution < 1.29 is 23.0 Å². The minimum absolute atomic E-state index is 0.288. The van der Waals surface area contributed by atoms with E-state index in [1.54, 1.807) is 26.0 Å². The number of hydrogen-bond donors (Lipinski definition) is 2. The van der Waals surface area contributed by atoms with E-state index in [1.807, 2.05) is 0 Å². The number of hydrogen-bond acceptors (Lipinski definition) is 4. The van der Waals surface area contributed by atoms with Gasteiger partial charge in [0.15, 0.2) is 5.60 Å². The summed E-state index contributed by atoms with van der Waals surface area (Å²) in [4.78, 5) is 3.92. The molecule has 1 heterocycles. The molecule has 2 atom stereocenters. The number of aliphatic hydroxyl groups is 1. The summed E-state index contributed by atoms with van der Waals surface area (Å²) in [7, 11) is 1.42. The van der Waals surface area contributed by atoms with Crippen LogP contribution < -0.4 is 10.1 Å². The molecule has 1 aliphatic rings. The van der Waals surface area contributed by atoms with E-state index in [-0.39, 0.29) is 5.56 Å². The Morgan fingerprint density at radius 1 is 1.30 bits per heavy atom. The number of pyridine rings is 1. The summed E-state index contributed by atoms with van der Waals surface area (Å²) in [6.45, 7) is 3.28. The van der Waals surface area contributed by atoms with Gasteiger partial charge in [-0.3, -0.25) is 4.98 Å². The van der Waals surface area contributed by atoms with Crippen molar-refractivity contribution in [2.75, 3.05) is 12.4 Å². The first kappa shape index (κ1) is 19.8. The standard InChI is InChI=1S/C19H20ClF3N2O2/c1-17(2)10-18(26,19(21,22)23)16(25-11-5-4-8-24-9-11)12-6-7-13(20)15(27-3)14(12)17/h4-9,16,25-26H,10H2,1-3H3. The highest BCUT2D eigenvalue weighted by atomic mass is 35.5. The Bertz CT molecular complexity index is 843. The van der Waals surface area contributed by atoms with Gasteiger partial charge in [0.1, 0.15) is 5.75 Å². The zero-order chi connectivity index (χ0) is 20.0. The van der Waals surface area contributed by atoms with Gasteiger partial charge in [-0.05, 0) is 35.6 Å². The topological polar surface area (TPSA) is 54.4 Å². The fourth-order valence-corrected chi connectivity index (χ4v) is 4.14. The van der Waals surface area contributed by atoms with Crippen molar-refractivity contribution in [2.45, 2.75) is 43.5 Å². The number of benzene rings is 1. The average molecular weight is 401 g/mol. The van der Waals surface area contributed by atoms with Gasteiger partial charge in [0.25, 0.3) is 0 Å². The van der Waals surface area contributed by atoms with Crippen LogP contribution in [0, 0.1) is 0 Å². The molecule has 2 unspecified atom stereocenters. The van der Waals surface area contributed by atoms with E-state index in [9.17, 15) is 18.3 Å². The van der Waals surface area contributed by atoms with Crippen LogP contribution in [0.1, 0.15) is 37.4 Å². The van der Waals surface area contributed by atoms with Crippen LogP contribution >= 0.6 is 11.6 Å². The minimum atomic E-state index is -4.85. The molecule has 0 amide bonds. The first-order valence-corrected chi connectivity index (χ1v) is 8.71. The smallest absolute Gasteiger partial charge is 0.419 e. The van der Waals surface area contributed by atoms with Crippen molar-refractivity contribution in [3.05, 3.63) is 52.8 Å². The van der Waals surface area contributed by atoms with E-state index < -0.39 is 29.7 Å². The Morgan fingerprint density at radius 3 is 2.56 bits per heavy atom. The van der Waals surface area contributed by atoms with Crippen molar-refractivity contribution in [3.8, 4) is 5.75 Å². The molecule has 8 heteroatoms. The van der Waals surface area contributed by atoms with E-state index in [0.29, 0.717) is 22.0 Å². The largest absolute Gasteiger partial charge is 0.495 e. The van der Waals surface area contributed by atoms with Crippen LogP contribution in [0.2, 0.25) is 5.02 Å². The molecule has 0 saturated carbocycles. The number of rotatable bonds is 3. The highest BCUT2D eigenvalue weighted by Crippen LogP contribution is 2.57. The Labute approximate surface area is 160 Å². The van der Waals surface area contributed by atoms with E-state index in [1.165, 1.54) is 31.6 Å². The Kier molecular flexibility index (Phi) is 4.80. The number of alkyl halides is 3. The van der Waals surface area contributed by atoms with E-state index in [2.05, 4.69) is 10.3 Å². The maximum atomic E-state index is 14.0. The number of anilines is 1. The number of nitrogens with one attached hydrogen (secondary N) is 1. The van der Waals surface area contributed by atoms with Gasteiger partial charge in [0.05, 0.1) is 23.9 Å². The summed E-state index contributed by atoms with van der Waals surface area (Å²) in [6.07, 6.45) is -2.48. The molecule has 0 radical (unpaired) electrons. The molecule has 0 saturated heterocycles. The molecule has 0 spiro atoms. The molecule has 4 nitrogen and oxygen atoms in total. The van der Waals surface area contributed by atoms with E-state index >= 15 is 0 Å². The number of halogens is 4. The molecular weight excluding hydrogens is 381 g/mol. The molecule has 0 fully saturated rings. The molecule has 1 aromatic heterocycles. The predicted octanol–water partition coefficient (Wildman–Crippen LogP) is 4.87. The van der Waals surface area contributed by atoms with Gasteiger partial charge in [0, 0.05) is 18.0 Å². The van der Waals surface area contributed by atoms with Crippen LogP contribution in [0.15, 0.2) is 36.7 Å². The van der Waals surface area contributed by atoms with Gasteiger partial charge in [-0.25, -0.2) is 0 Å². The summed E-state index contributed by atoms with van der Waals surface area (Å²) in [6, 6.07) is 4.73. The second-order valence-electron chi connectivity index (χ2n) is 7.35. The van der Waals surface area contributed by atoms with Gasteiger partial charge in [0.2, 0.25) is 0 Å². The van der Waals surface area contributed by atoms with Gasteiger partial charge in [-0.1, -0.05) is 31.5 Å². The summed E-state index contributed by atoms with van der Waals surface area (Å²) in [5.74, 6) is 0.321. The fourth-order valence-electron chi connectivity index (χ4n) is 3.91. The zero-order valence-corrected chi connectivity index (χ0v) is 15.8. The zero-order valence-electron chi connectivity index (χ0n) is 15.1. The lowest BCUT2D eigenvalue weighted by molar-refractivity contribution is -0.275. The van der Waals surface area contributed by atoms with Crippen LogP contribution in [-0.2, 0) is 5.41 Å². The van der Waals surface area contributed by atoms with E-state index in [4.69, 9.17) is 16.3 Å². The Balaban J connectivity index is 2.26. The number of aromatic nitrogens is 1. The highest BCUT2D eigenvalue weighted by Gasteiger charge is 2.64. The average Bonchev–Trinajstić information content (AvgIpc) is 2.58. The van der Waals surface area contributed by atoms with E-state index in [0.717, 1.165) is 0 Å². The summed E-state index contributed by atoms with van der Waals surface area (Å²) < 4.78 is 47.4. The van der Waals surface area contributed by atoms with Gasteiger partial charge >= 0.3 is 6.18 Å². The quantitative estimate of drug-likeness (QED) is 0.771. The van der Waals surface area contributed by atoms with Crippen molar-refractivity contribution in [2.24, 2.45) is 0 Å². The van der Waals surface area contributed by atoms with Crippen LogP contribution in [0.25, 0.3) is 0 Å². The van der Waals surface area contributed by atoms with Gasteiger partial charge in [-0.2, -0.15) is 13.2 Å². The normalized spacial score (nSPS) is 24.2. The molecule has 27 heavy (non-hydrogen) atoms. The second kappa shape index (κ2) is 6.56. The summed E-state index contributed by atoms with van der Waals surface area (Å²) in [5.41, 5.74) is -2.81. The van der Waals surface area contributed by atoms with Gasteiger partial charge in [-0.15, -0.1) is 0 Å². The molecule has 1 aliphatic carbocycles. The number of methoxy groups -OCH3 is 1. The van der Waals surface area contributed by atoms with Crippen LogP contribution in [0.4, 0.5) is 18.9 Å². The third-order valence-corrected chi connectivity index (χ3v) is 5.28. The fraction of sp³-hybridized carbons (Fsp3) is 0.421. The maximum absolute atomic E-state index is 14.0. The summed E-state index contributed by atoms with van der Waals surface area (Å²) >= 11 is 6.22. The third kappa shape index (κ3) is 3.23. The second-order valence-corrected chi connectivity index (χ2v) is 7.75. The molecule has 146 valence electrons. The molecule has 2 N–H and O–H groups in total. The molecule has 0 bridgehead atoms. The lowest BCUT2D eigenvalue weighted by atomic mass is 9.63. The molecule has 0 aliphatic heterocycles. The van der Waals surface area contributed by atoms with Crippen molar-refractivity contribution in [1.29, 1.82) is 0 Å².